The fraction of sp³-hybridized carbons (Fsp3) is 0.692. The van der Waals surface area contributed by atoms with Crippen LogP contribution in [0.25, 0.3) is 0 Å². The Bertz CT molecular complexity index is 325. The minimum absolute atomic E-state index is 0.0705. The molecule has 1 heterocycles. The van der Waals surface area contributed by atoms with Crippen LogP contribution in [-0.4, -0.2) is 17.8 Å². The second kappa shape index (κ2) is 5.30. The van der Waals surface area contributed by atoms with E-state index in [1.54, 1.807) is 11.3 Å². The molecule has 0 fully saturated rings. The van der Waals surface area contributed by atoms with E-state index in [1.807, 2.05) is 0 Å². The summed E-state index contributed by atoms with van der Waals surface area (Å²) in [5, 5.41) is 12.8. The molecule has 1 atom stereocenters. The Balaban J connectivity index is 2.83. The Morgan fingerprint density at radius 2 is 1.94 bits per heavy atom. The van der Waals surface area contributed by atoms with E-state index in [2.05, 4.69) is 52.1 Å². The lowest BCUT2D eigenvalue weighted by Gasteiger charge is -2.19. The van der Waals surface area contributed by atoms with Crippen LogP contribution >= 0.6 is 11.3 Å². The zero-order valence-corrected chi connectivity index (χ0v) is 11.7. The maximum absolute atomic E-state index is 9.38. The lowest BCUT2D eigenvalue weighted by molar-refractivity contribution is 0.239. The highest BCUT2D eigenvalue weighted by Crippen LogP contribution is 2.32. The number of hydrogen-bond acceptors (Lipinski definition) is 3. The van der Waals surface area contributed by atoms with Crippen LogP contribution in [-0.2, 0) is 5.41 Å². The first-order valence-electron chi connectivity index (χ1n) is 5.81. The van der Waals surface area contributed by atoms with Crippen molar-refractivity contribution in [3.63, 3.8) is 0 Å². The number of aliphatic hydroxyl groups excluding tert-OH is 1. The molecule has 0 radical (unpaired) electrons. The van der Waals surface area contributed by atoms with Gasteiger partial charge in [-0.25, -0.2) is 0 Å². The van der Waals surface area contributed by atoms with Crippen LogP contribution in [0.5, 0.6) is 0 Å². The second-order valence-electron chi connectivity index (χ2n) is 5.51. The van der Waals surface area contributed by atoms with E-state index < -0.39 is 0 Å². The summed E-state index contributed by atoms with van der Waals surface area (Å²) < 4.78 is 0. The molecule has 0 saturated heterocycles. The van der Waals surface area contributed by atoms with Gasteiger partial charge in [0.05, 0.1) is 12.6 Å². The highest BCUT2D eigenvalue weighted by Gasteiger charge is 2.19. The summed E-state index contributed by atoms with van der Waals surface area (Å²) in [6.07, 6.45) is 0. The van der Waals surface area contributed by atoms with Gasteiger partial charge in [0.1, 0.15) is 0 Å². The van der Waals surface area contributed by atoms with Crippen molar-refractivity contribution in [1.82, 2.24) is 5.32 Å². The molecule has 0 aliphatic rings. The van der Waals surface area contributed by atoms with Crippen molar-refractivity contribution >= 4 is 11.3 Å². The van der Waals surface area contributed by atoms with Gasteiger partial charge in [-0.2, -0.15) is 0 Å². The second-order valence-corrected chi connectivity index (χ2v) is 6.62. The lowest BCUT2D eigenvalue weighted by atomic mass is 9.95. The Morgan fingerprint density at radius 1 is 1.31 bits per heavy atom. The maximum atomic E-state index is 9.38. The quantitative estimate of drug-likeness (QED) is 0.849. The maximum Gasteiger partial charge on any atom is 0.0651 e. The fourth-order valence-electron chi connectivity index (χ4n) is 1.57. The molecular formula is C13H23NOS. The van der Waals surface area contributed by atoms with Gasteiger partial charge in [-0.3, -0.25) is 0 Å². The summed E-state index contributed by atoms with van der Waals surface area (Å²) in [7, 11) is 0. The van der Waals surface area contributed by atoms with Gasteiger partial charge in [0, 0.05) is 15.8 Å². The molecule has 1 rings (SSSR count). The number of hydrogen-bond donors (Lipinski definition) is 2. The van der Waals surface area contributed by atoms with Crippen molar-refractivity contribution in [2.75, 3.05) is 6.61 Å². The molecule has 0 saturated carbocycles. The smallest absolute Gasteiger partial charge is 0.0651 e. The van der Waals surface area contributed by atoms with E-state index in [9.17, 15) is 5.11 Å². The SMILES string of the molecule is CC(C)NC(CO)c1ccc(C(C)(C)C)s1. The molecule has 0 bridgehead atoms. The molecule has 16 heavy (non-hydrogen) atoms. The monoisotopic (exact) mass is 241 g/mol. The average molecular weight is 241 g/mol. The summed E-state index contributed by atoms with van der Waals surface area (Å²) in [5.74, 6) is 0. The lowest BCUT2D eigenvalue weighted by Crippen LogP contribution is -2.29. The molecule has 2 N–H and O–H groups in total. The minimum atomic E-state index is 0.0705. The molecule has 0 amide bonds. The van der Waals surface area contributed by atoms with Crippen molar-refractivity contribution in [3.8, 4) is 0 Å². The van der Waals surface area contributed by atoms with Crippen LogP contribution in [0.4, 0.5) is 0 Å². The molecule has 1 aromatic heterocycles. The standard InChI is InChI=1S/C13H23NOS/c1-9(2)14-10(8-15)11-6-7-12(16-11)13(3,4)5/h6-7,9-10,14-15H,8H2,1-5H3. The Kier molecular flexibility index (Phi) is 4.53. The first-order chi connectivity index (χ1) is 7.34. The number of rotatable bonds is 4. The predicted octanol–water partition coefficient (Wildman–Crippen LogP) is 3.08. The van der Waals surface area contributed by atoms with E-state index >= 15 is 0 Å². The highest BCUT2D eigenvalue weighted by atomic mass is 32.1. The Hall–Kier alpha value is -0.380. The normalized spacial score (nSPS) is 14.4. The van der Waals surface area contributed by atoms with Crippen LogP contribution in [0.15, 0.2) is 12.1 Å². The summed E-state index contributed by atoms with van der Waals surface area (Å²) >= 11 is 1.79. The van der Waals surface area contributed by atoms with Crippen molar-refractivity contribution < 1.29 is 5.11 Å². The van der Waals surface area contributed by atoms with Gasteiger partial charge in [-0.05, 0) is 17.5 Å². The van der Waals surface area contributed by atoms with Crippen LogP contribution in [0, 0.1) is 0 Å². The minimum Gasteiger partial charge on any atom is -0.394 e. The first-order valence-corrected chi connectivity index (χ1v) is 6.63. The summed E-state index contributed by atoms with van der Waals surface area (Å²) in [4.78, 5) is 2.59. The van der Waals surface area contributed by atoms with Gasteiger partial charge in [0.15, 0.2) is 0 Å². The van der Waals surface area contributed by atoms with Gasteiger partial charge in [-0.15, -0.1) is 11.3 Å². The zero-order chi connectivity index (χ0) is 12.3. The first kappa shape index (κ1) is 13.7. The summed E-state index contributed by atoms with van der Waals surface area (Å²) in [5.41, 5.74) is 0.195. The fourth-order valence-corrected chi connectivity index (χ4v) is 2.69. The van der Waals surface area contributed by atoms with E-state index in [0.29, 0.717) is 6.04 Å². The van der Waals surface area contributed by atoms with E-state index in [0.717, 1.165) is 0 Å². The molecule has 2 nitrogen and oxygen atoms in total. The van der Waals surface area contributed by atoms with Gasteiger partial charge in [-0.1, -0.05) is 34.6 Å². The number of aliphatic hydroxyl groups is 1. The Morgan fingerprint density at radius 3 is 2.31 bits per heavy atom. The van der Waals surface area contributed by atoms with Gasteiger partial charge in [0.2, 0.25) is 0 Å². The third-order valence-corrected chi connectivity index (χ3v) is 4.05. The van der Waals surface area contributed by atoms with E-state index in [-0.39, 0.29) is 18.1 Å². The molecule has 0 aliphatic heterocycles. The third kappa shape index (κ3) is 3.58. The van der Waals surface area contributed by atoms with Gasteiger partial charge in [0.25, 0.3) is 0 Å². The predicted molar refractivity (Wildman–Crippen MR) is 71.1 cm³/mol. The molecule has 3 heteroatoms. The molecule has 1 aromatic rings. The Labute approximate surface area is 103 Å². The average Bonchev–Trinajstić information content (AvgIpc) is 2.61. The van der Waals surface area contributed by atoms with E-state index in [4.69, 9.17) is 0 Å². The number of thiophene rings is 1. The zero-order valence-electron chi connectivity index (χ0n) is 10.9. The highest BCUT2D eigenvalue weighted by molar-refractivity contribution is 7.12. The molecular weight excluding hydrogens is 218 g/mol. The molecule has 92 valence electrons. The van der Waals surface area contributed by atoms with Crippen LogP contribution in [0.3, 0.4) is 0 Å². The topological polar surface area (TPSA) is 32.3 Å². The molecule has 0 aliphatic carbocycles. The van der Waals surface area contributed by atoms with Crippen molar-refractivity contribution in [2.45, 2.75) is 52.1 Å². The van der Waals surface area contributed by atoms with Crippen molar-refractivity contribution in [2.24, 2.45) is 0 Å². The largest absolute Gasteiger partial charge is 0.394 e. The number of nitrogens with one attached hydrogen (secondary N) is 1. The van der Waals surface area contributed by atoms with Crippen molar-refractivity contribution in [3.05, 3.63) is 21.9 Å². The van der Waals surface area contributed by atoms with E-state index in [1.165, 1.54) is 9.75 Å². The molecule has 1 unspecified atom stereocenters. The van der Waals surface area contributed by atoms with Crippen LogP contribution in [0.2, 0.25) is 0 Å². The van der Waals surface area contributed by atoms with Crippen molar-refractivity contribution in [1.29, 1.82) is 0 Å². The third-order valence-electron chi connectivity index (χ3n) is 2.43. The van der Waals surface area contributed by atoms with Gasteiger partial charge >= 0.3 is 0 Å². The summed E-state index contributed by atoms with van der Waals surface area (Å²) in [6, 6.07) is 4.75. The van der Waals surface area contributed by atoms with Crippen LogP contribution < -0.4 is 5.32 Å². The molecule has 0 aromatic carbocycles. The van der Waals surface area contributed by atoms with Gasteiger partial charge < -0.3 is 10.4 Å². The van der Waals surface area contributed by atoms with Crippen LogP contribution in [0.1, 0.15) is 50.4 Å². The molecule has 0 spiro atoms. The summed E-state index contributed by atoms with van der Waals surface area (Å²) in [6.45, 7) is 11.0.